The molecule has 6 rings (SSSR count). The van der Waals surface area contributed by atoms with Crippen LogP contribution in [0.4, 0.5) is 0 Å². The second kappa shape index (κ2) is 12.2. The highest BCUT2D eigenvalue weighted by molar-refractivity contribution is 7.07. The summed E-state index contributed by atoms with van der Waals surface area (Å²) >= 11 is 1.37. The summed E-state index contributed by atoms with van der Waals surface area (Å²) in [5, 5.41) is 1.05. The predicted molar refractivity (Wildman–Crippen MR) is 179 cm³/mol. The van der Waals surface area contributed by atoms with Gasteiger partial charge in [0.2, 0.25) is 0 Å². The number of aryl methyl sites for hydroxylation is 1. The normalized spacial score (nSPS) is 15.1. The van der Waals surface area contributed by atoms with Gasteiger partial charge in [-0.1, -0.05) is 111 Å². The Kier molecular flexibility index (Phi) is 8.23. The molecule has 5 aromatic rings. The lowest BCUT2D eigenvalue weighted by Gasteiger charge is -2.26. The zero-order chi connectivity index (χ0) is 31.0. The molecular weight excluding hydrogens is 566 g/mol. The Bertz CT molecular complexity index is 2060. The molecule has 0 aliphatic carbocycles. The number of ether oxygens (including phenoxy) is 1. The monoisotopic (exact) mass is 603 g/mol. The Hall–Kier alpha value is -4.49. The number of hydrogen-bond acceptors (Lipinski definition) is 5. The number of fused-ring (bicyclic) bond motifs is 2. The first-order chi connectivity index (χ1) is 21.3. The molecule has 0 saturated heterocycles. The number of rotatable bonds is 8. The number of hydrogen-bond donors (Lipinski definition) is 1. The number of carbonyl (C=O) groups excluding carboxylic acids is 1. The van der Waals surface area contributed by atoms with Gasteiger partial charge >= 0.3 is 5.97 Å². The van der Waals surface area contributed by atoms with Crippen LogP contribution in [-0.4, -0.2) is 22.1 Å². The fourth-order valence-corrected chi connectivity index (χ4v) is 7.00. The number of benzene rings is 3. The van der Waals surface area contributed by atoms with Gasteiger partial charge in [-0.3, -0.25) is 9.36 Å². The van der Waals surface area contributed by atoms with Gasteiger partial charge in [-0.2, -0.15) is 0 Å². The molecule has 7 heteroatoms. The van der Waals surface area contributed by atoms with Crippen molar-refractivity contribution in [3.05, 3.63) is 126 Å². The van der Waals surface area contributed by atoms with Crippen molar-refractivity contribution in [2.24, 2.45) is 4.99 Å². The number of aromatic amines is 1. The maximum atomic E-state index is 14.4. The summed E-state index contributed by atoms with van der Waals surface area (Å²) in [6.07, 6.45) is 3.40. The topological polar surface area (TPSA) is 76.5 Å². The minimum atomic E-state index is -0.631. The Balaban J connectivity index is 1.62. The van der Waals surface area contributed by atoms with E-state index in [1.165, 1.54) is 16.9 Å². The number of nitrogens with zero attached hydrogens (tertiary/aromatic N) is 2. The molecule has 1 aliphatic rings. The number of thiazole rings is 1. The lowest BCUT2D eigenvalue weighted by Crippen LogP contribution is -2.40. The molecule has 0 unspecified atom stereocenters. The van der Waals surface area contributed by atoms with Crippen LogP contribution in [0.1, 0.15) is 74.8 Å². The number of para-hydroxylation sites is 1. The van der Waals surface area contributed by atoms with E-state index in [0.29, 0.717) is 32.9 Å². The van der Waals surface area contributed by atoms with Crippen LogP contribution in [0.2, 0.25) is 0 Å². The van der Waals surface area contributed by atoms with E-state index in [2.05, 4.69) is 69.1 Å². The van der Waals surface area contributed by atoms with Gasteiger partial charge in [0, 0.05) is 16.5 Å². The Labute approximate surface area is 261 Å². The largest absolute Gasteiger partial charge is 0.463 e. The standard InChI is InChI=1S/C37H37N3O3S/c1-6-12-29-31(36(42)43-7-2)34(26-19-17-24(18-20-26)22(3)4)40-35(41)30(44-37(40)38-29)21-28-27-16-11-13-23(5)32(27)39-33(28)25-14-9-8-10-15-25/h8-11,13-22,34,39H,6-7,12H2,1-5H3/b30-21-/t34-/m1/s1. The summed E-state index contributed by atoms with van der Waals surface area (Å²) in [5.74, 6) is -0.0641. The van der Waals surface area contributed by atoms with E-state index in [-0.39, 0.29) is 12.2 Å². The van der Waals surface area contributed by atoms with E-state index in [4.69, 9.17) is 9.73 Å². The number of nitrogens with one attached hydrogen (secondary N) is 1. The van der Waals surface area contributed by atoms with Gasteiger partial charge < -0.3 is 9.72 Å². The maximum absolute atomic E-state index is 14.4. The Morgan fingerprint density at radius 3 is 2.48 bits per heavy atom. The molecule has 0 fully saturated rings. The molecule has 3 heterocycles. The van der Waals surface area contributed by atoms with Crippen LogP contribution in [0.25, 0.3) is 28.2 Å². The van der Waals surface area contributed by atoms with Gasteiger partial charge in [-0.15, -0.1) is 0 Å². The number of allylic oxidation sites excluding steroid dienone is 1. The summed E-state index contributed by atoms with van der Waals surface area (Å²) in [5.41, 5.74) is 8.14. The molecule has 3 aromatic carbocycles. The SMILES string of the molecule is CCCC1=C(C(=O)OCC)[C@@H](c2ccc(C(C)C)cc2)n2c(s/c(=C\c3c(-c4ccccc4)[nH]c4c(C)cccc34)c2=O)=N1. The Morgan fingerprint density at radius 2 is 1.80 bits per heavy atom. The first-order valence-electron chi connectivity index (χ1n) is 15.3. The molecular formula is C37H37N3O3S. The number of esters is 1. The summed E-state index contributed by atoms with van der Waals surface area (Å²) in [6, 6.07) is 24.0. The van der Waals surface area contributed by atoms with Crippen LogP contribution in [0, 0.1) is 6.92 Å². The highest BCUT2D eigenvalue weighted by Gasteiger charge is 2.34. The fraction of sp³-hybridized carbons (Fsp3) is 0.270. The van der Waals surface area contributed by atoms with E-state index in [0.717, 1.165) is 45.3 Å². The van der Waals surface area contributed by atoms with Gasteiger partial charge in [0.25, 0.3) is 5.56 Å². The van der Waals surface area contributed by atoms with Crippen molar-refractivity contribution < 1.29 is 9.53 Å². The molecule has 0 amide bonds. The van der Waals surface area contributed by atoms with Gasteiger partial charge in [0.05, 0.1) is 34.1 Å². The van der Waals surface area contributed by atoms with Crippen LogP contribution >= 0.6 is 11.3 Å². The first kappa shape index (κ1) is 29.6. The highest BCUT2D eigenvalue weighted by atomic mass is 32.1. The van der Waals surface area contributed by atoms with Gasteiger partial charge in [-0.25, -0.2) is 9.79 Å². The van der Waals surface area contributed by atoms with Crippen LogP contribution in [0.15, 0.2) is 93.9 Å². The van der Waals surface area contributed by atoms with Gasteiger partial charge in [-0.05, 0) is 54.5 Å². The number of H-pyrrole nitrogens is 1. The van der Waals surface area contributed by atoms with Crippen molar-refractivity contribution in [2.45, 2.75) is 59.4 Å². The average molecular weight is 604 g/mol. The molecule has 6 nitrogen and oxygen atoms in total. The lowest BCUT2D eigenvalue weighted by molar-refractivity contribution is -0.139. The number of aromatic nitrogens is 2. The van der Waals surface area contributed by atoms with E-state index < -0.39 is 12.0 Å². The van der Waals surface area contributed by atoms with E-state index in [1.54, 1.807) is 11.5 Å². The van der Waals surface area contributed by atoms with E-state index >= 15 is 0 Å². The maximum Gasteiger partial charge on any atom is 0.338 e. The fourth-order valence-electron chi connectivity index (χ4n) is 6.00. The molecule has 0 bridgehead atoms. The van der Waals surface area contributed by atoms with Crippen molar-refractivity contribution in [3.8, 4) is 11.3 Å². The molecule has 0 spiro atoms. The minimum absolute atomic E-state index is 0.176. The van der Waals surface area contributed by atoms with Gasteiger partial charge in [0.15, 0.2) is 4.80 Å². The smallest absolute Gasteiger partial charge is 0.338 e. The summed E-state index contributed by atoms with van der Waals surface area (Å²) in [4.78, 5) is 37.1. The molecule has 224 valence electrons. The summed E-state index contributed by atoms with van der Waals surface area (Å²) in [6.45, 7) is 10.5. The van der Waals surface area contributed by atoms with E-state index in [1.807, 2.05) is 42.5 Å². The predicted octanol–water partition coefficient (Wildman–Crippen LogP) is 7.16. The summed E-state index contributed by atoms with van der Waals surface area (Å²) < 4.78 is 7.81. The minimum Gasteiger partial charge on any atom is -0.463 e. The van der Waals surface area contributed by atoms with Gasteiger partial charge in [0.1, 0.15) is 0 Å². The van der Waals surface area contributed by atoms with Crippen LogP contribution < -0.4 is 14.9 Å². The van der Waals surface area contributed by atoms with Crippen molar-refractivity contribution in [2.75, 3.05) is 6.61 Å². The van der Waals surface area contributed by atoms with Crippen molar-refractivity contribution in [1.82, 2.24) is 9.55 Å². The molecule has 1 N–H and O–H groups in total. The molecule has 2 aromatic heterocycles. The molecule has 1 aliphatic heterocycles. The highest BCUT2D eigenvalue weighted by Crippen LogP contribution is 2.34. The van der Waals surface area contributed by atoms with Crippen LogP contribution in [0.3, 0.4) is 0 Å². The lowest BCUT2D eigenvalue weighted by atomic mass is 9.92. The zero-order valence-electron chi connectivity index (χ0n) is 25.8. The average Bonchev–Trinajstić information content (AvgIpc) is 3.55. The second-order valence-corrected chi connectivity index (χ2v) is 12.5. The summed E-state index contributed by atoms with van der Waals surface area (Å²) in [7, 11) is 0. The van der Waals surface area contributed by atoms with Crippen molar-refractivity contribution >= 4 is 34.3 Å². The third-order valence-electron chi connectivity index (χ3n) is 8.23. The van der Waals surface area contributed by atoms with Crippen molar-refractivity contribution in [3.63, 3.8) is 0 Å². The second-order valence-electron chi connectivity index (χ2n) is 11.5. The first-order valence-corrected chi connectivity index (χ1v) is 16.1. The molecule has 0 saturated carbocycles. The molecule has 1 atom stereocenters. The Morgan fingerprint density at radius 1 is 1.05 bits per heavy atom. The third-order valence-corrected chi connectivity index (χ3v) is 9.21. The van der Waals surface area contributed by atoms with E-state index in [9.17, 15) is 9.59 Å². The van der Waals surface area contributed by atoms with Crippen LogP contribution in [0.5, 0.6) is 0 Å². The quantitative estimate of drug-likeness (QED) is 0.191. The third kappa shape index (κ3) is 5.26. The molecule has 44 heavy (non-hydrogen) atoms. The van der Waals surface area contributed by atoms with Crippen molar-refractivity contribution in [1.29, 1.82) is 0 Å². The zero-order valence-corrected chi connectivity index (χ0v) is 26.6. The number of carbonyl (C=O) groups is 1. The van der Waals surface area contributed by atoms with Crippen LogP contribution in [-0.2, 0) is 9.53 Å². The molecule has 0 radical (unpaired) electrons.